The Kier molecular flexibility index (Phi) is 8.77. The van der Waals surface area contributed by atoms with Crippen LogP contribution in [0.4, 0.5) is 0 Å². The second kappa shape index (κ2) is 11.3. The maximum absolute atomic E-state index is 11.8. The van der Waals surface area contributed by atoms with E-state index in [9.17, 15) is 5.11 Å². The lowest BCUT2D eigenvalue weighted by atomic mass is 9.75. The van der Waals surface area contributed by atoms with E-state index in [0.29, 0.717) is 5.92 Å². The minimum Gasteiger partial charge on any atom is -0.386 e. The van der Waals surface area contributed by atoms with E-state index in [4.69, 9.17) is 4.74 Å². The summed E-state index contributed by atoms with van der Waals surface area (Å²) in [6.07, 6.45) is 21.5. The van der Waals surface area contributed by atoms with Crippen LogP contribution in [-0.2, 0) is 4.74 Å². The lowest BCUT2D eigenvalue weighted by molar-refractivity contribution is -0.131. The van der Waals surface area contributed by atoms with Crippen LogP contribution in [0.2, 0.25) is 0 Å². The van der Waals surface area contributed by atoms with Crippen LogP contribution in [0.5, 0.6) is 0 Å². The standard InChI is InChI=1S/C28H42O2/c1-3-5-6-7-8-12-22-30-28(27(29)19-16-24(23-27)13-4-2)20-17-26(18-21-28)25-14-10-9-11-15-25/h9-11,14-15,17-18,20-21,24,26,29H,3-8,12-13,16,19,22-23H2,1-2H3. The molecule has 2 aliphatic carbocycles. The average molecular weight is 411 g/mol. The number of allylic oxidation sites excluding steroid dienone is 2. The number of rotatable bonds is 12. The first kappa shape index (κ1) is 23.3. The molecule has 30 heavy (non-hydrogen) atoms. The molecule has 0 aliphatic heterocycles. The predicted molar refractivity (Wildman–Crippen MR) is 127 cm³/mol. The van der Waals surface area contributed by atoms with Gasteiger partial charge in [0.05, 0.1) is 0 Å². The molecule has 2 atom stereocenters. The average Bonchev–Trinajstić information content (AvgIpc) is 3.17. The summed E-state index contributed by atoms with van der Waals surface area (Å²) in [5.74, 6) is 0.872. The van der Waals surface area contributed by atoms with Crippen molar-refractivity contribution in [2.75, 3.05) is 6.61 Å². The SMILES string of the molecule is CCCCCCCCOC1(C2(O)CCC(CCC)C2)C=CC(c2ccccc2)C=C1. The van der Waals surface area contributed by atoms with Crippen LogP contribution in [0.25, 0.3) is 0 Å². The van der Waals surface area contributed by atoms with Crippen LogP contribution in [0.15, 0.2) is 54.6 Å². The van der Waals surface area contributed by atoms with Crippen LogP contribution in [0.1, 0.15) is 96.0 Å². The van der Waals surface area contributed by atoms with Gasteiger partial charge in [-0.15, -0.1) is 0 Å². The summed E-state index contributed by atoms with van der Waals surface area (Å²) in [6.45, 7) is 5.22. The zero-order valence-corrected chi connectivity index (χ0v) is 19.2. The smallest absolute Gasteiger partial charge is 0.133 e. The zero-order valence-electron chi connectivity index (χ0n) is 19.2. The van der Waals surface area contributed by atoms with E-state index in [0.717, 1.165) is 32.3 Å². The molecule has 2 unspecified atom stereocenters. The van der Waals surface area contributed by atoms with Crippen molar-refractivity contribution in [2.24, 2.45) is 5.92 Å². The third-order valence-corrected chi connectivity index (χ3v) is 7.14. The maximum Gasteiger partial charge on any atom is 0.133 e. The molecule has 1 aromatic rings. The quantitative estimate of drug-likeness (QED) is 0.288. The summed E-state index contributed by atoms with van der Waals surface area (Å²) in [5, 5.41) is 11.8. The molecule has 1 N–H and O–H groups in total. The summed E-state index contributed by atoms with van der Waals surface area (Å²) in [4.78, 5) is 0. The molecule has 1 saturated carbocycles. The molecule has 1 fully saturated rings. The Bertz CT molecular complexity index is 663. The number of ether oxygens (including phenoxy) is 1. The van der Waals surface area contributed by atoms with Crippen molar-refractivity contribution in [1.82, 2.24) is 0 Å². The highest BCUT2D eigenvalue weighted by atomic mass is 16.5. The Labute approximate surface area is 184 Å². The zero-order chi connectivity index (χ0) is 21.3. The van der Waals surface area contributed by atoms with Gasteiger partial charge in [0.2, 0.25) is 0 Å². The third kappa shape index (κ3) is 5.65. The summed E-state index contributed by atoms with van der Waals surface area (Å²) in [7, 11) is 0. The van der Waals surface area contributed by atoms with Crippen molar-refractivity contribution in [3.8, 4) is 0 Å². The molecule has 0 bridgehead atoms. The van der Waals surface area contributed by atoms with Crippen LogP contribution in [-0.4, -0.2) is 22.9 Å². The van der Waals surface area contributed by atoms with Crippen LogP contribution >= 0.6 is 0 Å². The molecule has 3 rings (SSSR count). The molecule has 2 heteroatoms. The summed E-state index contributed by atoms with van der Waals surface area (Å²) >= 11 is 0. The monoisotopic (exact) mass is 410 g/mol. The second-order valence-electron chi connectivity index (χ2n) is 9.49. The fourth-order valence-corrected chi connectivity index (χ4v) is 5.31. The molecule has 0 heterocycles. The van der Waals surface area contributed by atoms with Gasteiger partial charge in [-0.25, -0.2) is 0 Å². The second-order valence-corrected chi connectivity index (χ2v) is 9.49. The number of hydrogen-bond donors (Lipinski definition) is 1. The van der Waals surface area contributed by atoms with Gasteiger partial charge in [0, 0.05) is 12.5 Å². The van der Waals surface area contributed by atoms with Crippen molar-refractivity contribution in [3.63, 3.8) is 0 Å². The highest BCUT2D eigenvalue weighted by molar-refractivity contribution is 5.38. The summed E-state index contributed by atoms with van der Waals surface area (Å²) < 4.78 is 6.55. The number of aliphatic hydroxyl groups is 1. The van der Waals surface area contributed by atoms with Gasteiger partial charge in [-0.3, -0.25) is 0 Å². The number of hydrogen-bond acceptors (Lipinski definition) is 2. The van der Waals surface area contributed by atoms with E-state index in [-0.39, 0.29) is 5.92 Å². The lowest BCUT2D eigenvalue weighted by Crippen LogP contribution is -2.53. The topological polar surface area (TPSA) is 29.5 Å². The van der Waals surface area contributed by atoms with E-state index in [2.05, 4.69) is 68.5 Å². The Morgan fingerprint density at radius 3 is 2.33 bits per heavy atom. The van der Waals surface area contributed by atoms with Gasteiger partial charge < -0.3 is 9.84 Å². The van der Waals surface area contributed by atoms with Gasteiger partial charge in [-0.2, -0.15) is 0 Å². The highest BCUT2D eigenvalue weighted by Crippen LogP contribution is 2.48. The van der Waals surface area contributed by atoms with E-state index in [1.807, 2.05) is 0 Å². The summed E-state index contributed by atoms with van der Waals surface area (Å²) in [5.41, 5.74) is -0.176. The van der Waals surface area contributed by atoms with Crippen molar-refractivity contribution >= 4 is 0 Å². The maximum atomic E-state index is 11.8. The van der Waals surface area contributed by atoms with E-state index >= 15 is 0 Å². The molecule has 0 radical (unpaired) electrons. The molecule has 1 aromatic carbocycles. The van der Waals surface area contributed by atoms with Gasteiger partial charge in [0.15, 0.2) is 0 Å². The Hall–Kier alpha value is -1.38. The van der Waals surface area contributed by atoms with Crippen LogP contribution in [0, 0.1) is 5.92 Å². The summed E-state index contributed by atoms with van der Waals surface area (Å²) in [6, 6.07) is 10.6. The van der Waals surface area contributed by atoms with Gasteiger partial charge in [-0.05, 0) is 49.3 Å². The first-order chi connectivity index (χ1) is 14.6. The molecule has 2 nitrogen and oxygen atoms in total. The van der Waals surface area contributed by atoms with Gasteiger partial charge >= 0.3 is 0 Å². The van der Waals surface area contributed by atoms with E-state index in [1.165, 1.54) is 50.5 Å². The van der Waals surface area contributed by atoms with Gasteiger partial charge in [0.25, 0.3) is 0 Å². The van der Waals surface area contributed by atoms with E-state index < -0.39 is 11.2 Å². The lowest BCUT2D eigenvalue weighted by Gasteiger charge is -2.43. The third-order valence-electron chi connectivity index (χ3n) is 7.14. The van der Waals surface area contributed by atoms with Crippen molar-refractivity contribution in [3.05, 3.63) is 60.2 Å². The van der Waals surface area contributed by atoms with Gasteiger partial charge in [-0.1, -0.05) is 101 Å². The fraction of sp³-hybridized carbons (Fsp3) is 0.643. The first-order valence-corrected chi connectivity index (χ1v) is 12.4. The van der Waals surface area contributed by atoms with Crippen LogP contribution in [0.3, 0.4) is 0 Å². The molecular formula is C28H42O2. The Morgan fingerprint density at radius 2 is 1.63 bits per heavy atom. The number of unbranched alkanes of at least 4 members (excludes halogenated alkanes) is 5. The highest BCUT2D eigenvalue weighted by Gasteiger charge is 2.52. The largest absolute Gasteiger partial charge is 0.386 e. The number of benzene rings is 1. The molecular weight excluding hydrogens is 368 g/mol. The molecule has 0 amide bonds. The van der Waals surface area contributed by atoms with Crippen LogP contribution < -0.4 is 0 Å². The van der Waals surface area contributed by atoms with Gasteiger partial charge in [0.1, 0.15) is 11.2 Å². The molecule has 2 aliphatic rings. The van der Waals surface area contributed by atoms with Crippen molar-refractivity contribution in [2.45, 2.75) is 102 Å². The minimum absolute atomic E-state index is 0.258. The first-order valence-electron chi connectivity index (χ1n) is 12.4. The molecule has 0 saturated heterocycles. The van der Waals surface area contributed by atoms with Crippen molar-refractivity contribution in [1.29, 1.82) is 0 Å². The minimum atomic E-state index is -0.788. The molecule has 166 valence electrons. The Balaban J connectivity index is 1.68. The molecule has 0 spiro atoms. The Morgan fingerprint density at radius 1 is 0.933 bits per heavy atom. The predicted octanol–water partition coefficient (Wildman–Crippen LogP) is 7.34. The molecule has 0 aromatic heterocycles. The normalized spacial score (nSPS) is 30.8. The fourth-order valence-electron chi connectivity index (χ4n) is 5.31. The van der Waals surface area contributed by atoms with Crippen molar-refractivity contribution < 1.29 is 9.84 Å². The van der Waals surface area contributed by atoms with E-state index in [1.54, 1.807) is 0 Å².